The Morgan fingerprint density at radius 1 is 0.864 bits per heavy atom. The molecule has 2 aromatic carbocycles. The SMILES string of the molecule is C=C/C(c1cccc(C)c1C)=c1/ccccc1=C.CC.CC. The van der Waals surface area contributed by atoms with Gasteiger partial charge in [-0.25, -0.2) is 0 Å². The first kappa shape index (κ1) is 19.9. The Hall–Kier alpha value is -2.08. The Balaban J connectivity index is 0.00000102. The fraction of sp³-hybridized carbons (Fsp3) is 0.273. The standard InChI is InChI=1S/C18H18.2C2H6/c1-5-16(17-11-7-6-9-14(17)3)18-12-8-10-13(2)15(18)4;2*1-2/h5-12H,1,3H2,2,4H3;2*1-2H3/b17-16+;;. The van der Waals surface area contributed by atoms with Crippen molar-refractivity contribution in [2.75, 3.05) is 0 Å². The topological polar surface area (TPSA) is 0 Å². The van der Waals surface area contributed by atoms with Crippen molar-refractivity contribution < 1.29 is 0 Å². The van der Waals surface area contributed by atoms with E-state index >= 15 is 0 Å². The average molecular weight is 294 g/mol. The van der Waals surface area contributed by atoms with Crippen molar-refractivity contribution in [3.05, 3.63) is 82.2 Å². The van der Waals surface area contributed by atoms with Gasteiger partial charge >= 0.3 is 0 Å². The van der Waals surface area contributed by atoms with Crippen molar-refractivity contribution in [1.82, 2.24) is 0 Å². The molecule has 0 amide bonds. The summed E-state index contributed by atoms with van der Waals surface area (Å²) >= 11 is 0. The smallest absolute Gasteiger partial charge is 0.0109 e. The number of benzene rings is 2. The molecule has 0 nitrogen and oxygen atoms in total. The van der Waals surface area contributed by atoms with Crippen LogP contribution in [0, 0.1) is 13.8 Å². The van der Waals surface area contributed by atoms with Crippen LogP contribution in [-0.4, -0.2) is 0 Å². The Morgan fingerprint density at radius 3 is 2.00 bits per heavy atom. The molecular formula is C22H30. The number of allylic oxidation sites excluding steroid dienone is 1. The van der Waals surface area contributed by atoms with E-state index in [1.54, 1.807) is 0 Å². The van der Waals surface area contributed by atoms with Gasteiger partial charge in [-0.3, -0.25) is 0 Å². The maximum atomic E-state index is 4.10. The minimum atomic E-state index is 1.04. The highest BCUT2D eigenvalue weighted by molar-refractivity contribution is 5.75. The number of hydrogen-bond donors (Lipinski definition) is 0. The van der Waals surface area contributed by atoms with E-state index in [4.69, 9.17) is 0 Å². The maximum Gasteiger partial charge on any atom is -0.0109 e. The number of hydrogen-bond acceptors (Lipinski definition) is 0. The normalized spacial score (nSPS) is 10.5. The first-order valence-corrected chi connectivity index (χ1v) is 8.12. The number of aryl methyl sites for hydroxylation is 1. The molecule has 0 aliphatic carbocycles. The molecule has 22 heavy (non-hydrogen) atoms. The fourth-order valence-corrected chi connectivity index (χ4v) is 2.19. The van der Waals surface area contributed by atoms with Crippen LogP contribution in [0.1, 0.15) is 44.4 Å². The molecule has 0 unspecified atom stereocenters. The van der Waals surface area contributed by atoms with Crippen LogP contribution in [0.3, 0.4) is 0 Å². The zero-order chi connectivity index (χ0) is 17.1. The third kappa shape index (κ3) is 4.73. The second-order valence-corrected chi connectivity index (χ2v) is 4.52. The summed E-state index contributed by atoms with van der Waals surface area (Å²) in [5.41, 5.74) is 4.99. The molecule has 0 spiro atoms. The maximum absolute atomic E-state index is 4.10. The van der Waals surface area contributed by atoms with E-state index in [2.05, 4.69) is 51.3 Å². The molecule has 0 N–H and O–H groups in total. The highest BCUT2D eigenvalue weighted by Crippen LogP contribution is 2.19. The van der Waals surface area contributed by atoms with Gasteiger partial charge in [-0.2, -0.15) is 0 Å². The summed E-state index contributed by atoms with van der Waals surface area (Å²) < 4.78 is 0. The zero-order valence-corrected chi connectivity index (χ0v) is 15.0. The second-order valence-electron chi connectivity index (χ2n) is 4.52. The second kappa shape index (κ2) is 10.6. The van der Waals surface area contributed by atoms with Gasteiger partial charge in [0.1, 0.15) is 0 Å². The molecule has 0 fully saturated rings. The minimum absolute atomic E-state index is 1.04. The summed E-state index contributed by atoms with van der Waals surface area (Å²) in [7, 11) is 0. The molecule has 0 atom stereocenters. The molecule has 0 saturated carbocycles. The van der Waals surface area contributed by atoms with Gasteiger partial charge in [0.05, 0.1) is 0 Å². The molecule has 2 aromatic rings. The van der Waals surface area contributed by atoms with Gasteiger partial charge in [0.25, 0.3) is 0 Å². The molecule has 0 heterocycles. The first-order chi connectivity index (χ1) is 10.6. The molecule has 2 rings (SSSR count). The lowest BCUT2D eigenvalue weighted by Crippen LogP contribution is -2.25. The van der Waals surface area contributed by atoms with Gasteiger partial charge in [0, 0.05) is 0 Å². The van der Waals surface area contributed by atoms with Gasteiger partial charge in [-0.15, -0.1) is 0 Å². The lowest BCUT2D eigenvalue weighted by molar-refractivity contribution is 1.31. The third-order valence-corrected chi connectivity index (χ3v) is 3.41. The van der Waals surface area contributed by atoms with E-state index in [0.29, 0.717) is 0 Å². The molecule has 0 radical (unpaired) electrons. The van der Waals surface area contributed by atoms with E-state index in [-0.39, 0.29) is 0 Å². The summed E-state index contributed by atoms with van der Waals surface area (Å²) in [6.45, 7) is 20.3. The lowest BCUT2D eigenvalue weighted by atomic mass is 9.95. The molecule has 0 aromatic heterocycles. The van der Waals surface area contributed by atoms with Crippen LogP contribution in [0.25, 0.3) is 12.2 Å². The summed E-state index contributed by atoms with van der Waals surface area (Å²) in [5, 5.41) is 2.19. The van der Waals surface area contributed by atoms with E-state index in [0.717, 1.165) is 16.0 Å². The van der Waals surface area contributed by atoms with Crippen molar-refractivity contribution in [2.45, 2.75) is 41.5 Å². The average Bonchev–Trinajstić information content (AvgIpc) is 2.57. The van der Waals surface area contributed by atoms with E-state index in [1.165, 1.54) is 16.7 Å². The van der Waals surface area contributed by atoms with Crippen LogP contribution >= 0.6 is 0 Å². The Labute approximate surface area is 136 Å². The van der Waals surface area contributed by atoms with Crippen molar-refractivity contribution in [1.29, 1.82) is 0 Å². The van der Waals surface area contributed by atoms with Crippen molar-refractivity contribution >= 4 is 12.2 Å². The Bertz CT molecular complexity index is 690. The molecular weight excluding hydrogens is 264 g/mol. The minimum Gasteiger partial charge on any atom is -0.0984 e. The van der Waals surface area contributed by atoms with Crippen LogP contribution in [0.4, 0.5) is 0 Å². The quantitative estimate of drug-likeness (QED) is 0.718. The van der Waals surface area contributed by atoms with Crippen molar-refractivity contribution in [3.63, 3.8) is 0 Å². The molecule has 0 bridgehead atoms. The highest BCUT2D eigenvalue weighted by Gasteiger charge is 2.04. The van der Waals surface area contributed by atoms with Gasteiger partial charge in [0.15, 0.2) is 0 Å². The summed E-state index contributed by atoms with van der Waals surface area (Å²) in [4.78, 5) is 0. The lowest BCUT2D eigenvalue weighted by Gasteiger charge is -2.10. The summed E-state index contributed by atoms with van der Waals surface area (Å²) in [5.74, 6) is 0. The Kier molecular flexibility index (Phi) is 9.61. The molecule has 0 heteroatoms. The monoisotopic (exact) mass is 294 g/mol. The van der Waals surface area contributed by atoms with Crippen LogP contribution in [0.5, 0.6) is 0 Å². The predicted molar refractivity (Wildman–Crippen MR) is 103 cm³/mol. The van der Waals surface area contributed by atoms with Gasteiger partial charge < -0.3 is 0 Å². The van der Waals surface area contributed by atoms with Crippen molar-refractivity contribution in [2.24, 2.45) is 0 Å². The third-order valence-electron chi connectivity index (χ3n) is 3.41. The van der Waals surface area contributed by atoms with Crippen molar-refractivity contribution in [3.8, 4) is 0 Å². The zero-order valence-electron chi connectivity index (χ0n) is 15.0. The van der Waals surface area contributed by atoms with Crippen LogP contribution in [0.2, 0.25) is 0 Å². The predicted octanol–water partition coefficient (Wildman–Crippen LogP) is 5.15. The van der Waals surface area contributed by atoms with Crippen LogP contribution < -0.4 is 10.4 Å². The van der Waals surface area contributed by atoms with Gasteiger partial charge in [0.2, 0.25) is 0 Å². The Morgan fingerprint density at radius 2 is 1.45 bits per heavy atom. The molecule has 0 aliphatic rings. The molecule has 0 saturated heterocycles. The summed E-state index contributed by atoms with van der Waals surface area (Å²) in [6.07, 6.45) is 1.92. The highest BCUT2D eigenvalue weighted by atomic mass is 14.1. The summed E-state index contributed by atoms with van der Waals surface area (Å²) in [6, 6.07) is 14.5. The van der Waals surface area contributed by atoms with Crippen LogP contribution in [0.15, 0.2) is 55.1 Å². The van der Waals surface area contributed by atoms with Gasteiger partial charge in [-0.1, -0.05) is 89.4 Å². The molecule has 118 valence electrons. The van der Waals surface area contributed by atoms with E-state index in [1.807, 2.05) is 52.0 Å². The van der Waals surface area contributed by atoms with Gasteiger partial charge in [-0.05, 0) is 46.5 Å². The first-order valence-electron chi connectivity index (χ1n) is 8.12. The number of rotatable bonds is 2. The van der Waals surface area contributed by atoms with E-state index < -0.39 is 0 Å². The fourth-order valence-electron chi connectivity index (χ4n) is 2.19. The largest absolute Gasteiger partial charge is 0.0984 e. The van der Waals surface area contributed by atoms with E-state index in [9.17, 15) is 0 Å². The van der Waals surface area contributed by atoms with Crippen LogP contribution in [-0.2, 0) is 0 Å². The molecule has 0 aliphatic heterocycles.